The van der Waals surface area contributed by atoms with Crippen LogP contribution in [0.15, 0.2) is 35.5 Å². The Hall–Kier alpha value is -4.17. The van der Waals surface area contributed by atoms with E-state index in [0.29, 0.717) is 32.2 Å². The van der Waals surface area contributed by atoms with Gasteiger partial charge in [0.25, 0.3) is 0 Å². The summed E-state index contributed by atoms with van der Waals surface area (Å²) in [5.41, 5.74) is 23.2. The van der Waals surface area contributed by atoms with E-state index in [0.717, 1.165) is 16.5 Å². The molecule has 2 rings (SSSR count). The van der Waals surface area contributed by atoms with Gasteiger partial charge in [-0.2, -0.15) is 0 Å². The standard InChI is InChI=1S/C25H39N9O5/c26-10-4-3-8-18(32-21(35)13-27)22(36)34-20(12-15-14-31-17-7-2-1-6-16(15)17)23(37)33-19(24(38)39)9-5-11-30-25(28)29/h1-2,6-7,14,18-20,31H,3-5,8-13,26-27H2,(H,32,35)(H,33,37)(H,34,36)(H,38,39)(H4,28,29,30). The summed E-state index contributed by atoms with van der Waals surface area (Å²) in [5, 5.41) is 18.3. The highest BCUT2D eigenvalue weighted by Crippen LogP contribution is 2.19. The summed E-state index contributed by atoms with van der Waals surface area (Å²) in [6, 6.07) is 4.15. The van der Waals surface area contributed by atoms with Gasteiger partial charge >= 0.3 is 5.97 Å². The number of carbonyl (C=O) groups is 4. The minimum atomic E-state index is -1.24. The lowest BCUT2D eigenvalue weighted by Gasteiger charge is -2.24. The van der Waals surface area contributed by atoms with Crippen LogP contribution in [-0.2, 0) is 25.6 Å². The monoisotopic (exact) mass is 545 g/mol. The predicted molar refractivity (Wildman–Crippen MR) is 147 cm³/mol. The number of aliphatic imine (C=N–C) groups is 1. The molecule has 0 spiro atoms. The minimum Gasteiger partial charge on any atom is -0.480 e. The molecule has 0 fully saturated rings. The largest absolute Gasteiger partial charge is 0.480 e. The Labute approximate surface area is 226 Å². The number of carboxylic acid groups (broad SMARTS) is 1. The summed E-state index contributed by atoms with van der Waals surface area (Å²) in [6.45, 7) is 0.313. The zero-order valence-electron chi connectivity index (χ0n) is 21.8. The Bertz CT molecular complexity index is 1150. The second-order valence-corrected chi connectivity index (χ2v) is 9.08. The van der Waals surface area contributed by atoms with E-state index in [1.165, 1.54) is 0 Å². The molecule has 0 aliphatic carbocycles. The van der Waals surface area contributed by atoms with Crippen molar-refractivity contribution in [1.82, 2.24) is 20.9 Å². The average Bonchev–Trinajstić information content (AvgIpc) is 3.31. The molecule has 0 aliphatic rings. The third-order valence-corrected chi connectivity index (χ3v) is 6.08. The van der Waals surface area contributed by atoms with Crippen LogP contribution in [0.4, 0.5) is 0 Å². The summed E-state index contributed by atoms with van der Waals surface area (Å²) in [6.07, 6.45) is 3.68. The molecule has 0 radical (unpaired) electrons. The molecule has 0 saturated heterocycles. The molecule has 1 aromatic carbocycles. The SMILES string of the molecule is NCCCCC(NC(=O)CN)C(=O)NC(Cc1c[nH]c2ccccc12)C(=O)NC(CCCN=C(N)N)C(=O)O. The number of aliphatic carboxylic acids is 1. The van der Waals surface area contributed by atoms with E-state index in [9.17, 15) is 24.3 Å². The fourth-order valence-corrected chi connectivity index (χ4v) is 4.05. The van der Waals surface area contributed by atoms with Gasteiger partial charge in [0.15, 0.2) is 5.96 Å². The van der Waals surface area contributed by atoms with E-state index < -0.39 is 41.8 Å². The molecular formula is C25H39N9O5. The number of H-pyrrole nitrogens is 1. The van der Waals surface area contributed by atoms with Gasteiger partial charge in [-0.15, -0.1) is 0 Å². The molecule has 1 heterocycles. The van der Waals surface area contributed by atoms with Crippen LogP contribution < -0.4 is 38.9 Å². The van der Waals surface area contributed by atoms with Gasteiger partial charge in [0.05, 0.1) is 6.54 Å². The van der Waals surface area contributed by atoms with Crippen LogP contribution >= 0.6 is 0 Å². The Morgan fingerprint density at radius 1 is 0.897 bits per heavy atom. The predicted octanol–water partition coefficient (Wildman–Crippen LogP) is -1.61. The minimum absolute atomic E-state index is 0.0693. The highest BCUT2D eigenvalue weighted by Gasteiger charge is 2.30. The maximum atomic E-state index is 13.4. The first-order chi connectivity index (χ1) is 18.7. The number of hydrogen-bond donors (Lipinski definition) is 9. The van der Waals surface area contributed by atoms with Crippen molar-refractivity contribution in [3.8, 4) is 0 Å². The van der Waals surface area contributed by atoms with Crippen LogP contribution in [0, 0.1) is 0 Å². The van der Waals surface area contributed by atoms with Crippen molar-refractivity contribution in [3.05, 3.63) is 36.0 Å². The maximum Gasteiger partial charge on any atom is 0.326 e. The topological polar surface area (TPSA) is 257 Å². The first-order valence-electron chi connectivity index (χ1n) is 12.8. The molecule has 3 unspecified atom stereocenters. The zero-order chi connectivity index (χ0) is 28.8. The number of nitrogens with two attached hydrogens (primary N) is 4. The van der Waals surface area contributed by atoms with Crippen LogP contribution in [-0.4, -0.2) is 77.5 Å². The summed E-state index contributed by atoms with van der Waals surface area (Å²) < 4.78 is 0. The van der Waals surface area contributed by atoms with Crippen LogP contribution in [0.1, 0.15) is 37.7 Å². The second-order valence-electron chi connectivity index (χ2n) is 9.08. The number of para-hydroxylation sites is 1. The number of benzene rings is 1. The molecule has 3 amide bonds. The Morgan fingerprint density at radius 3 is 2.23 bits per heavy atom. The van der Waals surface area contributed by atoms with Crippen LogP contribution in [0.5, 0.6) is 0 Å². The number of hydrogen-bond acceptors (Lipinski definition) is 7. The van der Waals surface area contributed by atoms with E-state index in [-0.39, 0.29) is 31.9 Å². The number of carboxylic acids is 1. The van der Waals surface area contributed by atoms with Crippen molar-refractivity contribution in [1.29, 1.82) is 0 Å². The molecule has 0 saturated carbocycles. The number of aromatic amines is 1. The van der Waals surface area contributed by atoms with Gasteiger partial charge in [-0.3, -0.25) is 19.4 Å². The molecule has 0 aliphatic heterocycles. The van der Waals surface area contributed by atoms with Crippen molar-refractivity contribution < 1.29 is 24.3 Å². The van der Waals surface area contributed by atoms with Crippen LogP contribution in [0.2, 0.25) is 0 Å². The average molecular weight is 546 g/mol. The summed E-state index contributed by atoms with van der Waals surface area (Å²) in [5.74, 6) is -3.15. The highest BCUT2D eigenvalue weighted by atomic mass is 16.4. The Balaban J connectivity index is 2.26. The molecule has 214 valence electrons. The summed E-state index contributed by atoms with van der Waals surface area (Å²) in [7, 11) is 0. The number of aromatic nitrogens is 1. The van der Waals surface area contributed by atoms with Gasteiger partial charge in [-0.1, -0.05) is 18.2 Å². The van der Waals surface area contributed by atoms with Gasteiger partial charge in [0.1, 0.15) is 18.1 Å². The number of guanidine groups is 1. The van der Waals surface area contributed by atoms with Crippen molar-refractivity contribution in [3.63, 3.8) is 0 Å². The van der Waals surface area contributed by atoms with Crippen molar-refractivity contribution >= 4 is 40.6 Å². The number of carbonyl (C=O) groups excluding carboxylic acids is 3. The fraction of sp³-hybridized carbons (Fsp3) is 0.480. The molecule has 2 aromatic rings. The number of fused-ring (bicyclic) bond motifs is 1. The molecule has 39 heavy (non-hydrogen) atoms. The number of amides is 3. The molecular weight excluding hydrogens is 506 g/mol. The lowest BCUT2D eigenvalue weighted by molar-refractivity contribution is -0.142. The van der Waals surface area contributed by atoms with Crippen molar-refractivity contribution in [2.45, 2.75) is 56.7 Å². The first-order valence-corrected chi connectivity index (χ1v) is 12.8. The van der Waals surface area contributed by atoms with E-state index in [1.54, 1.807) is 6.20 Å². The van der Waals surface area contributed by atoms with E-state index >= 15 is 0 Å². The normalized spacial score (nSPS) is 13.2. The van der Waals surface area contributed by atoms with E-state index in [2.05, 4.69) is 25.9 Å². The van der Waals surface area contributed by atoms with E-state index in [4.69, 9.17) is 22.9 Å². The van der Waals surface area contributed by atoms with Gasteiger partial charge in [0, 0.05) is 30.1 Å². The summed E-state index contributed by atoms with van der Waals surface area (Å²) >= 11 is 0. The highest BCUT2D eigenvalue weighted by molar-refractivity contribution is 5.94. The van der Waals surface area contributed by atoms with Crippen molar-refractivity contribution in [2.24, 2.45) is 27.9 Å². The third-order valence-electron chi connectivity index (χ3n) is 6.08. The van der Waals surface area contributed by atoms with Gasteiger partial charge < -0.3 is 49.0 Å². The summed E-state index contributed by atoms with van der Waals surface area (Å²) in [4.78, 5) is 57.4. The molecule has 14 heteroatoms. The third kappa shape index (κ3) is 10.2. The van der Waals surface area contributed by atoms with Gasteiger partial charge in [-0.05, 0) is 50.3 Å². The van der Waals surface area contributed by atoms with Gasteiger partial charge in [-0.25, -0.2) is 4.79 Å². The smallest absolute Gasteiger partial charge is 0.326 e. The van der Waals surface area contributed by atoms with Crippen LogP contribution in [0.25, 0.3) is 10.9 Å². The fourth-order valence-electron chi connectivity index (χ4n) is 4.05. The molecule has 14 nitrogen and oxygen atoms in total. The lowest BCUT2D eigenvalue weighted by Crippen LogP contribution is -2.56. The number of nitrogens with zero attached hydrogens (tertiary/aromatic N) is 1. The number of rotatable bonds is 17. The Kier molecular flexibility index (Phi) is 12.7. The first kappa shape index (κ1) is 31.1. The Morgan fingerprint density at radius 2 is 1.56 bits per heavy atom. The quantitative estimate of drug-likeness (QED) is 0.0628. The number of nitrogens with one attached hydrogen (secondary N) is 4. The van der Waals surface area contributed by atoms with Crippen molar-refractivity contribution in [2.75, 3.05) is 19.6 Å². The number of unbranched alkanes of at least 4 members (excludes halogenated alkanes) is 1. The lowest BCUT2D eigenvalue weighted by atomic mass is 10.0. The second kappa shape index (κ2) is 15.9. The zero-order valence-corrected chi connectivity index (χ0v) is 21.8. The van der Waals surface area contributed by atoms with E-state index in [1.807, 2.05) is 24.3 Å². The molecule has 0 bridgehead atoms. The molecule has 3 atom stereocenters. The molecule has 13 N–H and O–H groups in total. The maximum absolute atomic E-state index is 13.4. The van der Waals surface area contributed by atoms with Crippen LogP contribution in [0.3, 0.4) is 0 Å². The molecule has 1 aromatic heterocycles. The van der Waals surface area contributed by atoms with Gasteiger partial charge in [0.2, 0.25) is 17.7 Å².